The Morgan fingerprint density at radius 2 is 2.19 bits per heavy atom. The Bertz CT molecular complexity index is 895. The van der Waals surface area contributed by atoms with E-state index in [4.69, 9.17) is 10.2 Å². The maximum absolute atomic E-state index is 12.3. The van der Waals surface area contributed by atoms with Crippen molar-refractivity contribution in [2.45, 2.75) is 24.4 Å². The van der Waals surface area contributed by atoms with Crippen molar-refractivity contribution >= 4 is 26.6 Å². The first-order valence-corrected chi connectivity index (χ1v) is 8.03. The Morgan fingerprint density at radius 3 is 2.90 bits per heavy atom. The second kappa shape index (κ2) is 4.88. The number of sulfone groups is 1. The molecule has 110 valence electrons. The van der Waals surface area contributed by atoms with Crippen LogP contribution in [0.5, 0.6) is 0 Å². The Labute approximate surface area is 121 Å². The average Bonchev–Trinajstić information content (AvgIpc) is 3.04. The minimum atomic E-state index is -3.65. The number of benzene rings is 1. The first kappa shape index (κ1) is 13.6. The van der Waals surface area contributed by atoms with Crippen molar-refractivity contribution in [1.82, 2.24) is 14.8 Å². The molecule has 0 aliphatic rings. The number of fused-ring (bicyclic) bond motifs is 1. The van der Waals surface area contributed by atoms with Gasteiger partial charge in [-0.3, -0.25) is 4.68 Å². The Morgan fingerprint density at radius 1 is 1.38 bits per heavy atom. The highest BCUT2D eigenvalue weighted by molar-refractivity contribution is 7.90. The van der Waals surface area contributed by atoms with Gasteiger partial charge in [-0.1, -0.05) is 0 Å². The molecule has 0 fully saturated rings. The first-order valence-electron chi connectivity index (χ1n) is 6.38. The lowest BCUT2D eigenvalue weighted by Gasteiger charge is -1.96. The lowest BCUT2D eigenvalue weighted by atomic mass is 10.3. The lowest BCUT2D eigenvalue weighted by Crippen LogP contribution is -2.04. The van der Waals surface area contributed by atoms with E-state index in [9.17, 15) is 8.42 Å². The van der Waals surface area contributed by atoms with Crippen LogP contribution in [-0.2, 0) is 22.1 Å². The summed E-state index contributed by atoms with van der Waals surface area (Å²) >= 11 is 0. The van der Waals surface area contributed by atoms with Gasteiger partial charge in [0.1, 0.15) is 5.52 Å². The smallest absolute Gasteiger partial charge is 0.316 e. The van der Waals surface area contributed by atoms with Crippen molar-refractivity contribution in [1.29, 1.82) is 0 Å². The Hall–Kier alpha value is -2.35. The van der Waals surface area contributed by atoms with Crippen LogP contribution in [0.15, 0.2) is 40.2 Å². The van der Waals surface area contributed by atoms with Gasteiger partial charge in [-0.15, -0.1) is 0 Å². The van der Waals surface area contributed by atoms with Gasteiger partial charge in [0.2, 0.25) is 9.84 Å². The summed E-state index contributed by atoms with van der Waals surface area (Å²) in [5.74, 6) is -0.199. The molecule has 2 heterocycles. The van der Waals surface area contributed by atoms with Crippen molar-refractivity contribution in [3.05, 3.63) is 36.2 Å². The van der Waals surface area contributed by atoms with E-state index in [1.54, 1.807) is 29.1 Å². The summed E-state index contributed by atoms with van der Waals surface area (Å²) in [7, 11) is -3.65. The highest BCUT2D eigenvalue weighted by Gasteiger charge is 2.23. The maximum Gasteiger partial charge on any atom is 0.316 e. The number of aryl methyl sites for hydroxylation is 1. The minimum Gasteiger partial charge on any atom is -0.428 e. The maximum atomic E-state index is 12.3. The summed E-state index contributed by atoms with van der Waals surface area (Å²) < 4.78 is 31.6. The number of oxazole rings is 1. The van der Waals surface area contributed by atoms with Gasteiger partial charge in [-0.05, 0) is 25.1 Å². The van der Waals surface area contributed by atoms with Crippen LogP contribution in [0.1, 0.15) is 12.5 Å². The third-order valence-corrected chi connectivity index (χ3v) is 4.45. The van der Waals surface area contributed by atoms with E-state index in [2.05, 4.69) is 10.1 Å². The van der Waals surface area contributed by atoms with Crippen molar-refractivity contribution in [3.63, 3.8) is 0 Å². The second-order valence-corrected chi connectivity index (χ2v) is 6.54. The molecule has 0 atom stereocenters. The Balaban J connectivity index is 1.95. The number of rotatable bonds is 4. The van der Waals surface area contributed by atoms with Crippen molar-refractivity contribution < 1.29 is 12.8 Å². The number of aromatic nitrogens is 3. The molecular weight excluding hydrogens is 292 g/mol. The Kier molecular flexibility index (Phi) is 3.17. The van der Waals surface area contributed by atoms with Gasteiger partial charge in [0.05, 0.1) is 11.9 Å². The van der Waals surface area contributed by atoms with E-state index in [0.29, 0.717) is 28.9 Å². The monoisotopic (exact) mass is 306 g/mol. The highest BCUT2D eigenvalue weighted by Crippen LogP contribution is 2.23. The molecule has 3 rings (SSSR count). The number of hydrogen-bond donors (Lipinski definition) is 1. The molecule has 0 saturated heterocycles. The van der Waals surface area contributed by atoms with Gasteiger partial charge in [0.25, 0.3) is 0 Å². The average molecular weight is 306 g/mol. The molecule has 0 spiro atoms. The fourth-order valence-corrected chi connectivity index (χ4v) is 3.16. The van der Waals surface area contributed by atoms with E-state index in [1.807, 2.05) is 6.92 Å². The zero-order chi connectivity index (χ0) is 15.0. The number of anilines is 1. The molecule has 2 aromatic heterocycles. The minimum absolute atomic E-state index is 0.199. The topological polar surface area (TPSA) is 104 Å². The summed E-state index contributed by atoms with van der Waals surface area (Å²) in [5.41, 5.74) is 7.57. The van der Waals surface area contributed by atoms with Crippen molar-refractivity contribution in [2.75, 3.05) is 5.73 Å². The number of hydrogen-bond acceptors (Lipinski definition) is 6. The van der Waals surface area contributed by atoms with Crippen LogP contribution in [0.4, 0.5) is 5.69 Å². The van der Waals surface area contributed by atoms with Gasteiger partial charge in [0.15, 0.2) is 5.58 Å². The van der Waals surface area contributed by atoms with Gasteiger partial charge in [0, 0.05) is 24.0 Å². The quantitative estimate of drug-likeness (QED) is 0.734. The molecule has 0 aliphatic heterocycles. The van der Waals surface area contributed by atoms with Crippen LogP contribution in [0.3, 0.4) is 0 Å². The molecule has 1 aromatic carbocycles. The molecule has 2 N–H and O–H groups in total. The highest BCUT2D eigenvalue weighted by atomic mass is 32.2. The van der Waals surface area contributed by atoms with Crippen LogP contribution in [-0.4, -0.2) is 23.2 Å². The van der Waals surface area contributed by atoms with E-state index in [0.717, 1.165) is 0 Å². The van der Waals surface area contributed by atoms with Gasteiger partial charge in [-0.25, -0.2) is 8.42 Å². The normalized spacial score (nSPS) is 12.0. The third-order valence-electron chi connectivity index (χ3n) is 3.03. The fourth-order valence-electron chi connectivity index (χ4n) is 1.99. The molecule has 0 unspecified atom stereocenters. The molecule has 21 heavy (non-hydrogen) atoms. The SMILES string of the molecule is CCn1cc(CS(=O)(=O)c2nc3cc(N)ccc3o2)cn1. The van der Waals surface area contributed by atoms with E-state index in [1.165, 1.54) is 6.20 Å². The number of nitrogens with zero attached hydrogens (tertiary/aromatic N) is 3. The van der Waals surface area contributed by atoms with E-state index < -0.39 is 9.84 Å². The summed E-state index contributed by atoms with van der Waals surface area (Å²) in [4.78, 5) is 4.01. The van der Waals surface area contributed by atoms with E-state index >= 15 is 0 Å². The standard InChI is InChI=1S/C13H14N4O3S/c1-2-17-7-9(6-15-17)8-21(18,19)13-16-11-5-10(14)3-4-12(11)20-13/h3-7H,2,8,14H2,1H3. The van der Waals surface area contributed by atoms with Crippen molar-refractivity contribution in [2.24, 2.45) is 0 Å². The fraction of sp³-hybridized carbons (Fsp3) is 0.231. The predicted octanol–water partition coefficient (Wildman–Crippen LogP) is 1.60. The van der Waals surface area contributed by atoms with Crippen LogP contribution in [0.25, 0.3) is 11.1 Å². The summed E-state index contributed by atoms with van der Waals surface area (Å²) in [6.07, 6.45) is 3.22. The zero-order valence-electron chi connectivity index (χ0n) is 11.4. The van der Waals surface area contributed by atoms with Crippen LogP contribution >= 0.6 is 0 Å². The number of nitrogen functional groups attached to an aromatic ring is 1. The molecule has 0 saturated carbocycles. The summed E-state index contributed by atoms with van der Waals surface area (Å²) in [6, 6.07) is 4.81. The summed E-state index contributed by atoms with van der Waals surface area (Å²) in [5, 5.41) is 3.75. The van der Waals surface area contributed by atoms with Gasteiger partial charge < -0.3 is 10.2 Å². The first-order chi connectivity index (χ1) is 9.98. The van der Waals surface area contributed by atoms with Crippen LogP contribution in [0, 0.1) is 0 Å². The largest absolute Gasteiger partial charge is 0.428 e. The number of nitrogens with two attached hydrogens (primary N) is 1. The summed E-state index contributed by atoms with van der Waals surface area (Å²) in [6.45, 7) is 2.61. The predicted molar refractivity (Wildman–Crippen MR) is 77.2 cm³/mol. The molecule has 0 bridgehead atoms. The lowest BCUT2D eigenvalue weighted by molar-refractivity contribution is 0.458. The molecule has 0 radical (unpaired) electrons. The third kappa shape index (κ3) is 2.62. The molecular formula is C13H14N4O3S. The second-order valence-electron chi connectivity index (χ2n) is 4.67. The van der Waals surface area contributed by atoms with Gasteiger partial charge >= 0.3 is 5.22 Å². The van der Waals surface area contributed by atoms with Crippen molar-refractivity contribution in [3.8, 4) is 0 Å². The molecule has 7 nitrogen and oxygen atoms in total. The molecule has 3 aromatic rings. The van der Waals surface area contributed by atoms with Gasteiger partial charge in [-0.2, -0.15) is 10.1 Å². The van der Waals surface area contributed by atoms with Crippen LogP contribution in [0.2, 0.25) is 0 Å². The van der Waals surface area contributed by atoms with E-state index in [-0.39, 0.29) is 11.0 Å². The molecule has 0 aliphatic carbocycles. The zero-order valence-corrected chi connectivity index (χ0v) is 12.2. The molecule has 0 amide bonds. The molecule has 8 heteroatoms. The van der Waals surface area contributed by atoms with Crippen LogP contribution < -0.4 is 5.73 Å².